The maximum Gasteiger partial charge on any atom is 0.224 e. The first kappa shape index (κ1) is 13.7. The summed E-state index contributed by atoms with van der Waals surface area (Å²) in [7, 11) is 0. The Morgan fingerprint density at radius 3 is 2.53 bits per heavy atom. The van der Waals surface area contributed by atoms with Crippen LogP contribution in [-0.4, -0.2) is 12.5 Å². The third-order valence-corrected chi connectivity index (χ3v) is 2.91. The van der Waals surface area contributed by atoms with Gasteiger partial charge in [-0.3, -0.25) is 4.79 Å². The lowest BCUT2D eigenvalue weighted by Crippen LogP contribution is -2.16. The minimum Gasteiger partial charge on any atom is -0.330 e. The molecule has 3 heteroatoms. The summed E-state index contributed by atoms with van der Waals surface area (Å²) < 4.78 is 0. The van der Waals surface area contributed by atoms with Crippen molar-refractivity contribution in [3.05, 3.63) is 29.8 Å². The summed E-state index contributed by atoms with van der Waals surface area (Å²) >= 11 is 0. The van der Waals surface area contributed by atoms with Gasteiger partial charge in [0.05, 0.1) is 0 Å². The molecule has 0 aromatic heterocycles. The minimum absolute atomic E-state index is 0.0644. The Hall–Kier alpha value is -1.35. The first-order valence-electron chi connectivity index (χ1n) is 6.24. The summed E-state index contributed by atoms with van der Waals surface area (Å²) in [6.07, 6.45) is 2.39. The van der Waals surface area contributed by atoms with Crippen molar-refractivity contribution in [3.8, 4) is 0 Å². The molecule has 0 radical (unpaired) electrons. The SMILES string of the molecule is CCc1ccc(NC(=O)CCC(C)CN)cc1. The fourth-order valence-electron chi connectivity index (χ4n) is 1.54. The van der Waals surface area contributed by atoms with Gasteiger partial charge in [0.2, 0.25) is 5.91 Å². The van der Waals surface area contributed by atoms with Crippen molar-refractivity contribution in [1.82, 2.24) is 0 Å². The summed E-state index contributed by atoms with van der Waals surface area (Å²) in [5.41, 5.74) is 7.66. The van der Waals surface area contributed by atoms with E-state index in [-0.39, 0.29) is 5.91 Å². The Kier molecular flexibility index (Phi) is 5.70. The predicted molar refractivity (Wildman–Crippen MR) is 71.9 cm³/mol. The molecule has 0 heterocycles. The van der Waals surface area contributed by atoms with Crippen molar-refractivity contribution in [3.63, 3.8) is 0 Å². The monoisotopic (exact) mass is 234 g/mol. The molecule has 94 valence electrons. The smallest absolute Gasteiger partial charge is 0.224 e. The summed E-state index contributed by atoms with van der Waals surface area (Å²) in [5, 5.41) is 2.89. The zero-order valence-electron chi connectivity index (χ0n) is 10.7. The molecule has 0 spiro atoms. The van der Waals surface area contributed by atoms with Crippen molar-refractivity contribution in [1.29, 1.82) is 0 Å². The van der Waals surface area contributed by atoms with Gasteiger partial charge in [-0.1, -0.05) is 26.0 Å². The van der Waals surface area contributed by atoms with Crippen LogP contribution < -0.4 is 11.1 Å². The topological polar surface area (TPSA) is 55.1 Å². The van der Waals surface area contributed by atoms with Crippen LogP contribution in [0.4, 0.5) is 5.69 Å². The van der Waals surface area contributed by atoms with Gasteiger partial charge in [-0.2, -0.15) is 0 Å². The van der Waals surface area contributed by atoms with Gasteiger partial charge in [0.1, 0.15) is 0 Å². The number of nitrogens with two attached hydrogens (primary N) is 1. The highest BCUT2D eigenvalue weighted by Gasteiger charge is 2.05. The average Bonchev–Trinajstić information content (AvgIpc) is 2.36. The van der Waals surface area contributed by atoms with Gasteiger partial charge >= 0.3 is 0 Å². The second-order valence-corrected chi connectivity index (χ2v) is 4.48. The highest BCUT2D eigenvalue weighted by Crippen LogP contribution is 2.11. The van der Waals surface area contributed by atoms with Crippen LogP contribution in [0.25, 0.3) is 0 Å². The molecule has 1 rings (SSSR count). The summed E-state index contributed by atoms with van der Waals surface area (Å²) in [5.74, 6) is 0.470. The Bertz CT molecular complexity index is 346. The first-order chi connectivity index (χ1) is 8.15. The number of anilines is 1. The summed E-state index contributed by atoms with van der Waals surface area (Å²) in [6, 6.07) is 7.97. The molecular weight excluding hydrogens is 212 g/mol. The van der Waals surface area contributed by atoms with E-state index in [0.29, 0.717) is 18.9 Å². The number of amides is 1. The zero-order valence-corrected chi connectivity index (χ0v) is 10.7. The number of hydrogen-bond acceptors (Lipinski definition) is 2. The van der Waals surface area contributed by atoms with Crippen molar-refractivity contribution in [2.24, 2.45) is 11.7 Å². The van der Waals surface area contributed by atoms with E-state index in [0.717, 1.165) is 18.5 Å². The van der Waals surface area contributed by atoms with Crippen LogP contribution in [0.2, 0.25) is 0 Å². The number of carbonyl (C=O) groups is 1. The standard InChI is InChI=1S/C14H22N2O/c1-3-12-5-7-13(8-6-12)16-14(17)9-4-11(2)10-15/h5-8,11H,3-4,9-10,15H2,1-2H3,(H,16,17). The molecule has 0 aliphatic rings. The highest BCUT2D eigenvalue weighted by atomic mass is 16.1. The van der Waals surface area contributed by atoms with E-state index in [4.69, 9.17) is 5.73 Å². The molecule has 1 atom stereocenters. The molecule has 3 N–H and O–H groups in total. The molecule has 0 saturated carbocycles. The predicted octanol–water partition coefficient (Wildman–Crippen LogP) is 2.56. The number of benzene rings is 1. The lowest BCUT2D eigenvalue weighted by molar-refractivity contribution is -0.116. The van der Waals surface area contributed by atoms with Crippen LogP contribution in [0.3, 0.4) is 0 Å². The number of aryl methyl sites for hydroxylation is 1. The zero-order chi connectivity index (χ0) is 12.7. The maximum absolute atomic E-state index is 11.6. The van der Waals surface area contributed by atoms with E-state index in [1.165, 1.54) is 5.56 Å². The van der Waals surface area contributed by atoms with E-state index < -0.39 is 0 Å². The fraction of sp³-hybridized carbons (Fsp3) is 0.500. The molecule has 1 aromatic carbocycles. The van der Waals surface area contributed by atoms with Gasteiger partial charge in [-0.25, -0.2) is 0 Å². The van der Waals surface area contributed by atoms with Crippen molar-refractivity contribution in [2.45, 2.75) is 33.1 Å². The van der Waals surface area contributed by atoms with Crippen LogP contribution in [0.5, 0.6) is 0 Å². The Labute approximate surface area is 103 Å². The van der Waals surface area contributed by atoms with Gasteiger partial charge in [0.25, 0.3) is 0 Å². The normalized spacial score (nSPS) is 12.2. The lowest BCUT2D eigenvalue weighted by atomic mass is 10.1. The molecule has 0 aliphatic heterocycles. The van der Waals surface area contributed by atoms with Crippen LogP contribution in [0, 0.1) is 5.92 Å². The average molecular weight is 234 g/mol. The number of nitrogens with one attached hydrogen (secondary N) is 1. The Morgan fingerprint density at radius 1 is 1.35 bits per heavy atom. The number of carbonyl (C=O) groups excluding carboxylic acids is 1. The largest absolute Gasteiger partial charge is 0.330 e. The molecule has 3 nitrogen and oxygen atoms in total. The van der Waals surface area contributed by atoms with Crippen LogP contribution in [0.1, 0.15) is 32.3 Å². The Morgan fingerprint density at radius 2 is 2.00 bits per heavy atom. The molecular formula is C14H22N2O. The van der Waals surface area contributed by atoms with Gasteiger partial charge in [-0.15, -0.1) is 0 Å². The van der Waals surface area contributed by atoms with E-state index in [1.54, 1.807) is 0 Å². The quantitative estimate of drug-likeness (QED) is 0.794. The molecule has 0 saturated heterocycles. The summed E-state index contributed by atoms with van der Waals surface area (Å²) in [4.78, 5) is 11.6. The number of rotatable bonds is 6. The van der Waals surface area contributed by atoms with Crippen LogP contribution in [-0.2, 0) is 11.2 Å². The number of hydrogen-bond donors (Lipinski definition) is 2. The van der Waals surface area contributed by atoms with Crippen LogP contribution in [0.15, 0.2) is 24.3 Å². The van der Waals surface area contributed by atoms with Gasteiger partial charge in [0.15, 0.2) is 0 Å². The van der Waals surface area contributed by atoms with Crippen molar-refractivity contribution in [2.75, 3.05) is 11.9 Å². The summed E-state index contributed by atoms with van der Waals surface area (Å²) in [6.45, 7) is 4.81. The van der Waals surface area contributed by atoms with Crippen molar-refractivity contribution >= 4 is 11.6 Å². The van der Waals surface area contributed by atoms with Crippen LogP contribution >= 0.6 is 0 Å². The maximum atomic E-state index is 11.6. The van der Waals surface area contributed by atoms with E-state index in [1.807, 2.05) is 24.3 Å². The van der Waals surface area contributed by atoms with E-state index >= 15 is 0 Å². The fourth-order valence-corrected chi connectivity index (χ4v) is 1.54. The molecule has 17 heavy (non-hydrogen) atoms. The lowest BCUT2D eigenvalue weighted by Gasteiger charge is -2.09. The van der Waals surface area contributed by atoms with Crippen molar-refractivity contribution < 1.29 is 4.79 Å². The molecule has 1 amide bonds. The van der Waals surface area contributed by atoms with E-state index in [9.17, 15) is 4.79 Å². The molecule has 0 aliphatic carbocycles. The molecule has 0 fully saturated rings. The third-order valence-electron chi connectivity index (χ3n) is 2.91. The third kappa shape index (κ3) is 5.00. The highest BCUT2D eigenvalue weighted by molar-refractivity contribution is 5.90. The minimum atomic E-state index is 0.0644. The molecule has 1 unspecified atom stereocenters. The first-order valence-corrected chi connectivity index (χ1v) is 6.24. The van der Waals surface area contributed by atoms with Gasteiger partial charge in [-0.05, 0) is 43.0 Å². The molecule has 1 aromatic rings. The Balaban J connectivity index is 2.39. The second-order valence-electron chi connectivity index (χ2n) is 4.48. The second kappa shape index (κ2) is 7.07. The van der Waals surface area contributed by atoms with E-state index in [2.05, 4.69) is 19.2 Å². The molecule has 0 bridgehead atoms. The van der Waals surface area contributed by atoms with Gasteiger partial charge in [0, 0.05) is 12.1 Å². The van der Waals surface area contributed by atoms with Gasteiger partial charge < -0.3 is 11.1 Å².